The highest BCUT2D eigenvalue weighted by Gasteiger charge is 2.24. The first kappa shape index (κ1) is 14.7. The van der Waals surface area contributed by atoms with Crippen molar-refractivity contribution in [2.75, 3.05) is 6.26 Å². The van der Waals surface area contributed by atoms with Crippen LogP contribution in [0.1, 0.15) is 48.2 Å². The molecule has 0 atom stereocenters. The zero-order chi connectivity index (χ0) is 14.1. The first-order valence-electron chi connectivity index (χ1n) is 5.79. The quantitative estimate of drug-likeness (QED) is 0.912. The summed E-state index contributed by atoms with van der Waals surface area (Å²) in [6, 6.07) is 3.09. The molecule has 0 spiro atoms. The SMILES string of the molecule is CCc1c(C(=O)O)ccc(C(C)C)c1S(C)(=O)=O. The van der Waals surface area contributed by atoms with Gasteiger partial charge < -0.3 is 5.11 Å². The van der Waals surface area contributed by atoms with Crippen LogP contribution in [0.2, 0.25) is 0 Å². The highest BCUT2D eigenvalue weighted by Crippen LogP contribution is 2.30. The molecule has 1 rings (SSSR count). The topological polar surface area (TPSA) is 71.4 Å². The molecule has 0 heterocycles. The first-order valence-corrected chi connectivity index (χ1v) is 7.68. The van der Waals surface area contributed by atoms with Gasteiger partial charge in [0, 0.05) is 6.26 Å². The van der Waals surface area contributed by atoms with Gasteiger partial charge in [0.15, 0.2) is 9.84 Å². The van der Waals surface area contributed by atoms with Gasteiger partial charge in [-0.15, -0.1) is 0 Å². The summed E-state index contributed by atoms with van der Waals surface area (Å²) in [4.78, 5) is 11.3. The van der Waals surface area contributed by atoms with Gasteiger partial charge in [-0.1, -0.05) is 26.8 Å². The standard InChI is InChI=1S/C13H18O4S/c1-5-9-11(13(14)15)7-6-10(8(2)3)12(9)18(4,16)17/h6-8H,5H2,1-4H3,(H,14,15). The number of aromatic carboxylic acids is 1. The third-order valence-electron chi connectivity index (χ3n) is 2.87. The number of carboxylic acids is 1. The van der Waals surface area contributed by atoms with E-state index in [4.69, 9.17) is 5.11 Å². The van der Waals surface area contributed by atoms with Crippen molar-refractivity contribution in [1.82, 2.24) is 0 Å². The van der Waals surface area contributed by atoms with E-state index in [0.717, 1.165) is 6.26 Å². The van der Waals surface area contributed by atoms with E-state index in [1.807, 2.05) is 13.8 Å². The Balaban J connectivity index is 3.79. The van der Waals surface area contributed by atoms with Crippen LogP contribution in [0.4, 0.5) is 0 Å². The number of hydrogen-bond donors (Lipinski definition) is 1. The summed E-state index contributed by atoms with van der Waals surface area (Å²) in [5.74, 6) is -1.06. The average molecular weight is 270 g/mol. The third-order valence-corrected chi connectivity index (χ3v) is 4.09. The smallest absolute Gasteiger partial charge is 0.336 e. The molecular formula is C13H18O4S. The third kappa shape index (κ3) is 2.72. The van der Waals surface area contributed by atoms with E-state index < -0.39 is 15.8 Å². The average Bonchev–Trinajstić information content (AvgIpc) is 2.25. The van der Waals surface area contributed by atoms with Crippen LogP contribution in [0.15, 0.2) is 17.0 Å². The van der Waals surface area contributed by atoms with Crippen LogP contribution in [-0.2, 0) is 16.3 Å². The molecule has 100 valence electrons. The maximum Gasteiger partial charge on any atom is 0.336 e. The number of sulfone groups is 1. The Bertz CT molecular complexity index is 571. The Hall–Kier alpha value is -1.36. The molecule has 0 aromatic heterocycles. The maximum atomic E-state index is 11.9. The minimum atomic E-state index is -3.44. The number of carboxylic acid groups (broad SMARTS) is 1. The molecule has 0 aliphatic rings. The van der Waals surface area contributed by atoms with Crippen molar-refractivity contribution in [3.05, 3.63) is 28.8 Å². The molecule has 0 saturated carbocycles. The number of benzene rings is 1. The van der Waals surface area contributed by atoms with Crippen molar-refractivity contribution in [3.8, 4) is 0 Å². The fraction of sp³-hybridized carbons (Fsp3) is 0.462. The summed E-state index contributed by atoms with van der Waals surface area (Å²) in [5, 5.41) is 9.12. The van der Waals surface area contributed by atoms with E-state index in [9.17, 15) is 13.2 Å². The second-order valence-electron chi connectivity index (χ2n) is 4.60. The molecule has 0 radical (unpaired) electrons. The van der Waals surface area contributed by atoms with E-state index in [1.54, 1.807) is 13.0 Å². The highest BCUT2D eigenvalue weighted by molar-refractivity contribution is 7.90. The van der Waals surface area contributed by atoms with E-state index in [0.29, 0.717) is 17.5 Å². The molecular weight excluding hydrogens is 252 g/mol. The molecule has 1 aromatic rings. The van der Waals surface area contributed by atoms with Crippen LogP contribution in [0, 0.1) is 0 Å². The van der Waals surface area contributed by atoms with Gasteiger partial charge >= 0.3 is 5.97 Å². The van der Waals surface area contributed by atoms with E-state index in [-0.39, 0.29) is 16.4 Å². The van der Waals surface area contributed by atoms with Crippen molar-refractivity contribution in [2.45, 2.75) is 38.0 Å². The van der Waals surface area contributed by atoms with Gasteiger partial charge in [0.1, 0.15) is 0 Å². The molecule has 0 unspecified atom stereocenters. The molecule has 1 aromatic carbocycles. The summed E-state index contributed by atoms with van der Waals surface area (Å²) in [6.45, 7) is 5.55. The first-order chi connectivity index (χ1) is 8.20. The van der Waals surface area contributed by atoms with Gasteiger partial charge in [-0.2, -0.15) is 0 Å². The molecule has 0 amide bonds. The summed E-state index contributed by atoms with van der Waals surface area (Å²) < 4.78 is 23.8. The summed E-state index contributed by atoms with van der Waals surface area (Å²) in [7, 11) is -3.44. The Morgan fingerprint density at radius 2 is 1.89 bits per heavy atom. The zero-order valence-corrected chi connectivity index (χ0v) is 11.8. The monoisotopic (exact) mass is 270 g/mol. The van der Waals surface area contributed by atoms with Gasteiger partial charge in [-0.25, -0.2) is 13.2 Å². The van der Waals surface area contributed by atoms with E-state index in [2.05, 4.69) is 0 Å². The molecule has 0 aliphatic heterocycles. The lowest BCUT2D eigenvalue weighted by molar-refractivity contribution is 0.0695. The van der Waals surface area contributed by atoms with Gasteiger partial charge in [0.2, 0.25) is 0 Å². The molecule has 5 heteroatoms. The minimum absolute atomic E-state index is 0.0304. The Labute approximate surface area is 108 Å². The summed E-state index contributed by atoms with van der Waals surface area (Å²) in [6.07, 6.45) is 1.50. The van der Waals surface area contributed by atoms with Crippen LogP contribution in [0.25, 0.3) is 0 Å². The van der Waals surface area contributed by atoms with Crippen molar-refractivity contribution in [2.24, 2.45) is 0 Å². The van der Waals surface area contributed by atoms with Crippen LogP contribution in [0.5, 0.6) is 0 Å². The van der Waals surface area contributed by atoms with E-state index >= 15 is 0 Å². The minimum Gasteiger partial charge on any atom is -0.478 e. The fourth-order valence-electron chi connectivity index (χ4n) is 2.09. The van der Waals surface area contributed by atoms with Crippen molar-refractivity contribution >= 4 is 15.8 Å². The van der Waals surface area contributed by atoms with Gasteiger partial charge in [0.25, 0.3) is 0 Å². The molecule has 0 bridgehead atoms. The van der Waals surface area contributed by atoms with Crippen molar-refractivity contribution in [1.29, 1.82) is 0 Å². The van der Waals surface area contributed by atoms with Gasteiger partial charge in [-0.3, -0.25) is 0 Å². The highest BCUT2D eigenvalue weighted by atomic mass is 32.2. The van der Waals surface area contributed by atoms with Crippen LogP contribution in [-0.4, -0.2) is 25.7 Å². The molecule has 0 aliphatic carbocycles. The molecule has 1 N–H and O–H groups in total. The lowest BCUT2D eigenvalue weighted by atomic mass is 9.96. The molecule has 0 fully saturated rings. The summed E-state index contributed by atoms with van der Waals surface area (Å²) in [5.41, 5.74) is 1.15. The number of carbonyl (C=O) groups is 1. The number of rotatable bonds is 4. The van der Waals surface area contributed by atoms with Gasteiger partial charge in [0.05, 0.1) is 10.5 Å². The fourth-order valence-corrected chi connectivity index (χ4v) is 3.52. The zero-order valence-electron chi connectivity index (χ0n) is 11.0. The maximum absolute atomic E-state index is 11.9. The van der Waals surface area contributed by atoms with Crippen LogP contribution < -0.4 is 0 Å². The second kappa shape index (κ2) is 5.10. The number of hydrogen-bond acceptors (Lipinski definition) is 3. The second-order valence-corrected chi connectivity index (χ2v) is 6.55. The lowest BCUT2D eigenvalue weighted by Gasteiger charge is -2.17. The lowest BCUT2D eigenvalue weighted by Crippen LogP contribution is -2.13. The van der Waals surface area contributed by atoms with Gasteiger partial charge in [-0.05, 0) is 29.5 Å². The normalized spacial score (nSPS) is 11.8. The van der Waals surface area contributed by atoms with Crippen molar-refractivity contribution in [3.63, 3.8) is 0 Å². The Morgan fingerprint density at radius 3 is 2.22 bits per heavy atom. The Morgan fingerprint density at radius 1 is 1.33 bits per heavy atom. The summed E-state index contributed by atoms with van der Waals surface area (Å²) >= 11 is 0. The molecule has 4 nitrogen and oxygen atoms in total. The van der Waals surface area contributed by atoms with E-state index in [1.165, 1.54) is 6.07 Å². The van der Waals surface area contributed by atoms with Crippen LogP contribution in [0.3, 0.4) is 0 Å². The van der Waals surface area contributed by atoms with Crippen LogP contribution >= 0.6 is 0 Å². The predicted octanol–water partition coefficient (Wildman–Crippen LogP) is 2.47. The van der Waals surface area contributed by atoms with Crippen molar-refractivity contribution < 1.29 is 18.3 Å². The molecule has 0 saturated heterocycles. The Kier molecular flexibility index (Phi) is 4.16. The predicted molar refractivity (Wildman–Crippen MR) is 70.0 cm³/mol. The largest absolute Gasteiger partial charge is 0.478 e. The molecule has 18 heavy (non-hydrogen) atoms.